The van der Waals surface area contributed by atoms with Gasteiger partial charge in [0.1, 0.15) is 6.04 Å². The Balaban J connectivity index is 1.46. The van der Waals surface area contributed by atoms with Gasteiger partial charge in [0.25, 0.3) is 5.91 Å². The van der Waals surface area contributed by atoms with Crippen molar-refractivity contribution in [1.82, 2.24) is 5.32 Å². The van der Waals surface area contributed by atoms with Crippen LogP contribution in [0.15, 0.2) is 97.1 Å². The normalized spacial score (nSPS) is 11.5. The maximum Gasteiger partial charge on any atom is 0.326 e. The third kappa shape index (κ3) is 6.52. The second kappa shape index (κ2) is 11.6. The SMILES string of the molecule is Cc1ccc(CNc2ccc(Cl)cc2C(=O)N[C@@H](Cc2ccc(-c3ccccc3)cc2)C(=O)O)cc1. The van der Waals surface area contributed by atoms with E-state index in [-0.39, 0.29) is 6.42 Å². The minimum absolute atomic E-state index is 0.156. The molecule has 5 nitrogen and oxygen atoms in total. The van der Waals surface area contributed by atoms with Crippen LogP contribution in [0.1, 0.15) is 27.0 Å². The van der Waals surface area contributed by atoms with Crippen molar-refractivity contribution in [2.45, 2.75) is 25.9 Å². The molecule has 1 atom stereocenters. The lowest BCUT2D eigenvalue weighted by Crippen LogP contribution is -2.42. The van der Waals surface area contributed by atoms with Crippen LogP contribution >= 0.6 is 11.6 Å². The Morgan fingerprint density at radius 2 is 1.47 bits per heavy atom. The number of nitrogens with one attached hydrogen (secondary N) is 2. The van der Waals surface area contributed by atoms with Crippen LogP contribution in [-0.2, 0) is 17.8 Å². The predicted molar refractivity (Wildman–Crippen MR) is 144 cm³/mol. The summed E-state index contributed by atoms with van der Waals surface area (Å²) in [5.41, 5.74) is 6.03. The highest BCUT2D eigenvalue weighted by Gasteiger charge is 2.23. The van der Waals surface area contributed by atoms with E-state index in [1.807, 2.05) is 85.8 Å². The van der Waals surface area contributed by atoms with Gasteiger partial charge in [-0.1, -0.05) is 96.0 Å². The molecule has 3 N–H and O–H groups in total. The summed E-state index contributed by atoms with van der Waals surface area (Å²) in [6.45, 7) is 2.54. The maximum atomic E-state index is 13.1. The molecule has 0 bridgehead atoms. The second-order valence-electron chi connectivity index (χ2n) is 8.66. The average molecular weight is 499 g/mol. The van der Waals surface area contributed by atoms with Crippen molar-refractivity contribution in [1.29, 1.82) is 0 Å². The Morgan fingerprint density at radius 3 is 2.14 bits per heavy atom. The van der Waals surface area contributed by atoms with E-state index in [4.69, 9.17) is 11.6 Å². The molecule has 0 saturated carbocycles. The van der Waals surface area contributed by atoms with E-state index in [1.165, 1.54) is 5.56 Å². The van der Waals surface area contributed by atoms with E-state index < -0.39 is 17.9 Å². The van der Waals surface area contributed by atoms with Crippen molar-refractivity contribution in [2.75, 3.05) is 5.32 Å². The Morgan fingerprint density at radius 1 is 0.833 bits per heavy atom. The summed E-state index contributed by atoms with van der Waals surface area (Å²) < 4.78 is 0. The van der Waals surface area contributed by atoms with Crippen molar-refractivity contribution in [3.8, 4) is 11.1 Å². The molecule has 0 aromatic heterocycles. The minimum atomic E-state index is -1.10. The van der Waals surface area contributed by atoms with Crippen LogP contribution in [0, 0.1) is 6.92 Å². The number of rotatable bonds is 9. The molecule has 0 aliphatic carbocycles. The summed E-state index contributed by atoms with van der Waals surface area (Å²) in [5, 5.41) is 16.1. The molecule has 0 aliphatic heterocycles. The summed E-state index contributed by atoms with van der Waals surface area (Å²) in [5.74, 6) is -1.61. The van der Waals surface area contributed by atoms with Crippen molar-refractivity contribution in [2.24, 2.45) is 0 Å². The topological polar surface area (TPSA) is 78.4 Å². The quantitative estimate of drug-likeness (QED) is 0.251. The van der Waals surface area contributed by atoms with Crippen LogP contribution in [0.2, 0.25) is 5.02 Å². The fourth-order valence-corrected chi connectivity index (χ4v) is 4.07. The van der Waals surface area contributed by atoms with E-state index >= 15 is 0 Å². The van der Waals surface area contributed by atoms with Crippen molar-refractivity contribution in [3.05, 3.63) is 124 Å². The Hall–Kier alpha value is -4.09. The van der Waals surface area contributed by atoms with Gasteiger partial charge in [-0.25, -0.2) is 4.79 Å². The molecule has 1 amide bonds. The monoisotopic (exact) mass is 498 g/mol. The van der Waals surface area contributed by atoms with E-state index in [0.717, 1.165) is 22.3 Å². The first kappa shape index (κ1) is 25.0. The smallest absolute Gasteiger partial charge is 0.326 e. The van der Waals surface area contributed by atoms with Gasteiger partial charge in [0.2, 0.25) is 0 Å². The Labute approximate surface area is 215 Å². The number of carboxylic acid groups (broad SMARTS) is 1. The molecule has 0 fully saturated rings. The van der Waals surface area contributed by atoms with E-state index in [0.29, 0.717) is 22.8 Å². The summed E-state index contributed by atoms with van der Waals surface area (Å²) >= 11 is 6.17. The zero-order valence-corrected chi connectivity index (χ0v) is 20.6. The van der Waals surface area contributed by atoms with Crippen molar-refractivity contribution < 1.29 is 14.7 Å². The number of carbonyl (C=O) groups excluding carboxylic acids is 1. The van der Waals surface area contributed by atoms with Crippen LogP contribution in [-0.4, -0.2) is 23.0 Å². The number of aliphatic carboxylic acids is 1. The number of benzene rings is 4. The molecule has 0 unspecified atom stereocenters. The summed E-state index contributed by atoms with van der Waals surface area (Å²) in [6, 6.07) is 29.6. The molecule has 0 heterocycles. The number of hydrogen-bond acceptors (Lipinski definition) is 3. The molecule has 4 aromatic rings. The summed E-state index contributed by atoms with van der Waals surface area (Å²) in [4.78, 5) is 25.1. The molecule has 6 heteroatoms. The summed E-state index contributed by atoms with van der Waals surface area (Å²) in [7, 11) is 0. The molecular weight excluding hydrogens is 472 g/mol. The van der Waals surface area contributed by atoms with Gasteiger partial charge < -0.3 is 15.7 Å². The fraction of sp³-hybridized carbons (Fsp3) is 0.133. The lowest BCUT2D eigenvalue weighted by molar-refractivity contribution is -0.139. The van der Waals surface area contributed by atoms with E-state index in [1.54, 1.807) is 18.2 Å². The van der Waals surface area contributed by atoms with Gasteiger partial charge in [0, 0.05) is 23.7 Å². The fourth-order valence-electron chi connectivity index (χ4n) is 3.90. The van der Waals surface area contributed by atoms with Crippen molar-refractivity contribution >= 4 is 29.2 Å². The highest BCUT2D eigenvalue weighted by Crippen LogP contribution is 2.23. The first-order valence-corrected chi connectivity index (χ1v) is 12.0. The van der Waals surface area contributed by atoms with E-state index in [9.17, 15) is 14.7 Å². The lowest BCUT2D eigenvalue weighted by Gasteiger charge is -2.17. The second-order valence-corrected chi connectivity index (χ2v) is 9.10. The minimum Gasteiger partial charge on any atom is -0.480 e. The number of amides is 1. The van der Waals surface area contributed by atoms with E-state index in [2.05, 4.69) is 10.6 Å². The third-order valence-corrected chi connectivity index (χ3v) is 6.17. The first-order chi connectivity index (χ1) is 17.4. The third-order valence-electron chi connectivity index (χ3n) is 5.93. The molecule has 4 rings (SSSR count). The number of carboxylic acids is 1. The van der Waals surface area contributed by atoms with Gasteiger partial charge in [-0.15, -0.1) is 0 Å². The molecule has 4 aromatic carbocycles. The molecule has 0 radical (unpaired) electrons. The molecule has 182 valence electrons. The molecule has 36 heavy (non-hydrogen) atoms. The zero-order valence-electron chi connectivity index (χ0n) is 19.9. The van der Waals surface area contributed by atoms with Crippen LogP contribution in [0.3, 0.4) is 0 Å². The molecular formula is C30H27ClN2O3. The molecule has 0 spiro atoms. The number of anilines is 1. The largest absolute Gasteiger partial charge is 0.480 e. The molecule has 0 saturated heterocycles. The first-order valence-electron chi connectivity index (χ1n) is 11.7. The van der Waals surface area contributed by atoms with Crippen molar-refractivity contribution in [3.63, 3.8) is 0 Å². The zero-order chi connectivity index (χ0) is 25.5. The standard InChI is InChI=1S/C30H27ClN2O3/c1-20-7-9-22(10-8-20)19-32-27-16-15-25(31)18-26(27)29(34)33-28(30(35)36)17-21-11-13-24(14-12-21)23-5-3-2-4-6-23/h2-16,18,28,32H,17,19H2,1H3,(H,33,34)(H,35,36)/t28-/m0/s1. The van der Waals surface area contributed by atoms with Gasteiger partial charge in [-0.05, 0) is 47.4 Å². The Bertz CT molecular complexity index is 1340. The van der Waals surface area contributed by atoms with Gasteiger partial charge in [-0.2, -0.15) is 0 Å². The molecule has 0 aliphatic rings. The predicted octanol–water partition coefficient (Wildman–Crippen LogP) is 6.35. The number of halogens is 1. The van der Waals surface area contributed by atoms with Crippen LogP contribution in [0.25, 0.3) is 11.1 Å². The highest BCUT2D eigenvalue weighted by atomic mass is 35.5. The highest BCUT2D eigenvalue weighted by molar-refractivity contribution is 6.31. The number of hydrogen-bond donors (Lipinski definition) is 3. The Kier molecular flexibility index (Phi) is 8.03. The van der Waals surface area contributed by atoms with Gasteiger partial charge >= 0.3 is 5.97 Å². The lowest BCUT2D eigenvalue weighted by atomic mass is 10.0. The van der Waals surface area contributed by atoms with Crippen LogP contribution < -0.4 is 10.6 Å². The van der Waals surface area contributed by atoms with Gasteiger partial charge in [0.15, 0.2) is 0 Å². The number of carbonyl (C=O) groups is 2. The summed E-state index contributed by atoms with van der Waals surface area (Å²) in [6.07, 6.45) is 0.156. The van der Waals surface area contributed by atoms with Crippen LogP contribution in [0.4, 0.5) is 5.69 Å². The van der Waals surface area contributed by atoms with Crippen LogP contribution in [0.5, 0.6) is 0 Å². The van der Waals surface area contributed by atoms with Gasteiger partial charge in [0.05, 0.1) is 5.56 Å². The maximum absolute atomic E-state index is 13.1. The number of aryl methyl sites for hydroxylation is 1. The van der Waals surface area contributed by atoms with Gasteiger partial charge in [-0.3, -0.25) is 4.79 Å². The average Bonchev–Trinajstić information content (AvgIpc) is 2.89.